The van der Waals surface area contributed by atoms with Crippen molar-refractivity contribution in [1.82, 2.24) is 5.32 Å². The molecular formula is C23H29NO3. The first kappa shape index (κ1) is 19.3. The van der Waals surface area contributed by atoms with Gasteiger partial charge in [0.05, 0.1) is 13.2 Å². The number of carbonyl (C=O) groups is 1. The van der Waals surface area contributed by atoms with Gasteiger partial charge in [0.1, 0.15) is 17.1 Å². The molecule has 0 aromatic heterocycles. The molecular weight excluding hydrogens is 338 g/mol. The van der Waals surface area contributed by atoms with Crippen LogP contribution in [0.3, 0.4) is 0 Å². The van der Waals surface area contributed by atoms with E-state index in [1.54, 1.807) is 7.11 Å². The number of benzene rings is 2. The summed E-state index contributed by atoms with van der Waals surface area (Å²) in [5, 5.41) is 3.23. The van der Waals surface area contributed by atoms with Gasteiger partial charge in [0.15, 0.2) is 0 Å². The average molecular weight is 367 g/mol. The highest BCUT2D eigenvalue weighted by Crippen LogP contribution is 2.39. The minimum absolute atomic E-state index is 0.0606. The van der Waals surface area contributed by atoms with Crippen LogP contribution in [0.25, 0.3) is 0 Å². The summed E-state index contributed by atoms with van der Waals surface area (Å²) in [5.41, 5.74) is 3.35. The van der Waals surface area contributed by atoms with E-state index < -0.39 is 0 Å². The molecule has 2 aromatic rings. The molecule has 0 fully saturated rings. The molecule has 0 bridgehead atoms. The van der Waals surface area contributed by atoms with Crippen molar-refractivity contribution < 1.29 is 14.3 Å². The SMILES string of the molecule is COc1cc(C)c(C(=O)NC2CC(C)(C)Oc3ccccc32)cc1C(C)C. The highest BCUT2D eigenvalue weighted by atomic mass is 16.5. The molecule has 0 spiro atoms. The summed E-state index contributed by atoms with van der Waals surface area (Å²) in [4.78, 5) is 13.1. The Morgan fingerprint density at radius 1 is 1.26 bits per heavy atom. The van der Waals surface area contributed by atoms with Gasteiger partial charge in [0.2, 0.25) is 0 Å². The zero-order valence-corrected chi connectivity index (χ0v) is 17.1. The molecule has 1 heterocycles. The van der Waals surface area contributed by atoms with Gasteiger partial charge in [-0.05, 0) is 56.0 Å². The van der Waals surface area contributed by atoms with Crippen LogP contribution in [0.5, 0.6) is 11.5 Å². The number of amides is 1. The van der Waals surface area contributed by atoms with Crippen LogP contribution in [0.2, 0.25) is 0 Å². The smallest absolute Gasteiger partial charge is 0.252 e. The van der Waals surface area contributed by atoms with E-state index in [0.717, 1.165) is 34.6 Å². The first-order chi connectivity index (χ1) is 12.7. The highest BCUT2D eigenvalue weighted by Gasteiger charge is 2.34. The molecule has 4 nitrogen and oxygen atoms in total. The van der Waals surface area contributed by atoms with Crippen LogP contribution in [0.4, 0.5) is 0 Å². The maximum atomic E-state index is 13.1. The molecule has 0 aliphatic carbocycles. The van der Waals surface area contributed by atoms with Crippen molar-refractivity contribution in [3.05, 3.63) is 58.7 Å². The Kier molecular flexibility index (Phi) is 5.18. The summed E-state index contributed by atoms with van der Waals surface area (Å²) in [6.45, 7) is 10.3. The Morgan fingerprint density at radius 3 is 2.63 bits per heavy atom. The van der Waals surface area contributed by atoms with Crippen LogP contribution in [-0.2, 0) is 0 Å². The standard InChI is InChI=1S/C23H29NO3/c1-14(2)17-12-18(15(3)11-21(17)26-6)22(25)24-19-13-23(4,5)27-20-10-8-7-9-16(19)20/h7-12,14,19H,13H2,1-6H3,(H,24,25). The van der Waals surface area contributed by atoms with Gasteiger partial charge >= 0.3 is 0 Å². The molecule has 0 radical (unpaired) electrons. The maximum Gasteiger partial charge on any atom is 0.252 e. The number of hydrogen-bond acceptors (Lipinski definition) is 3. The van der Waals surface area contributed by atoms with Crippen LogP contribution in [-0.4, -0.2) is 18.6 Å². The van der Waals surface area contributed by atoms with E-state index in [1.165, 1.54) is 0 Å². The number of rotatable bonds is 4. The van der Waals surface area contributed by atoms with Gasteiger partial charge in [0, 0.05) is 17.5 Å². The van der Waals surface area contributed by atoms with Crippen molar-refractivity contribution >= 4 is 5.91 Å². The Balaban J connectivity index is 1.93. The molecule has 1 unspecified atom stereocenters. The quantitative estimate of drug-likeness (QED) is 0.812. The molecule has 0 saturated heterocycles. The molecule has 144 valence electrons. The number of carbonyl (C=O) groups excluding carboxylic acids is 1. The molecule has 0 saturated carbocycles. The number of hydrogen-bond donors (Lipinski definition) is 1. The molecule has 2 aromatic carbocycles. The zero-order chi connectivity index (χ0) is 19.8. The Bertz CT molecular complexity index is 855. The summed E-state index contributed by atoms with van der Waals surface area (Å²) >= 11 is 0. The topological polar surface area (TPSA) is 47.6 Å². The van der Waals surface area contributed by atoms with Gasteiger partial charge in [-0.15, -0.1) is 0 Å². The van der Waals surface area contributed by atoms with Crippen molar-refractivity contribution in [2.45, 2.75) is 58.6 Å². The minimum atomic E-state index is -0.329. The van der Waals surface area contributed by atoms with E-state index >= 15 is 0 Å². The van der Waals surface area contributed by atoms with Crippen molar-refractivity contribution in [2.75, 3.05) is 7.11 Å². The molecule has 3 rings (SSSR count). The lowest BCUT2D eigenvalue weighted by molar-refractivity contribution is 0.0619. The van der Waals surface area contributed by atoms with Crippen LogP contribution in [0.15, 0.2) is 36.4 Å². The first-order valence-electron chi connectivity index (χ1n) is 9.49. The average Bonchev–Trinajstić information content (AvgIpc) is 2.59. The predicted octanol–water partition coefficient (Wildman–Crippen LogP) is 5.16. The van der Waals surface area contributed by atoms with Crippen molar-refractivity contribution in [1.29, 1.82) is 0 Å². The number of ether oxygens (including phenoxy) is 2. The normalized spacial score (nSPS) is 17.8. The Morgan fingerprint density at radius 2 is 1.96 bits per heavy atom. The third-order valence-electron chi connectivity index (χ3n) is 5.13. The summed E-state index contributed by atoms with van der Waals surface area (Å²) in [5.74, 6) is 1.88. The monoisotopic (exact) mass is 367 g/mol. The van der Waals surface area contributed by atoms with E-state index in [-0.39, 0.29) is 23.5 Å². The number of fused-ring (bicyclic) bond motifs is 1. The summed E-state index contributed by atoms with van der Waals surface area (Å²) < 4.78 is 11.6. The van der Waals surface area contributed by atoms with Crippen molar-refractivity contribution in [3.63, 3.8) is 0 Å². The van der Waals surface area contributed by atoms with E-state index in [0.29, 0.717) is 5.56 Å². The van der Waals surface area contributed by atoms with Gasteiger partial charge < -0.3 is 14.8 Å². The van der Waals surface area contributed by atoms with E-state index in [1.807, 2.05) is 43.3 Å². The summed E-state index contributed by atoms with van der Waals surface area (Å²) in [6.07, 6.45) is 0.724. The number of methoxy groups -OCH3 is 1. The Labute approximate surface area is 161 Å². The molecule has 4 heteroatoms. The fraction of sp³-hybridized carbons (Fsp3) is 0.435. The number of para-hydroxylation sites is 1. The molecule has 1 atom stereocenters. The second-order valence-electron chi connectivity index (χ2n) is 8.19. The maximum absolute atomic E-state index is 13.1. The lowest BCUT2D eigenvalue weighted by atomic mass is 9.89. The third kappa shape index (κ3) is 3.95. The molecule has 1 aliphatic rings. The third-order valence-corrected chi connectivity index (χ3v) is 5.13. The lowest BCUT2D eigenvalue weighted by Crippen LogP contribution is -2.41. The van der Waals surface area contributed by atoms with E-state index in [4.69, 9.17) is 9.47 Å². The fourth-order valence-electron chi connectivity index (χ4n) is 3.74. The van der Waals surface area contributed by atoms with Crippen LogP contribution in [0, 0.1) is 6.92 Å². The van der Waals surface area contributed by atoms with E-state index in [2.05, 4.69) is 33.0 Å². The van der Waals surface area contributed by atoms with Gasteiger partial charge in [-0.25, -0.2) is 0 Å². The largest absolute Gasteiger partial charge is 0.496 e. The summed E-state index contributed by atoms with van der Waals surface area (Å²) in [6, 6.07) is 11.8. The van der Waals surface area contributed by atoms with Crippen LogP contribution in [0.1, 0.15) is 73.1 Å². The second kappa shape index (κ2) is 7.26. The molecule has 1 N–H and O–H groups in total. The van der Waals surface area contributed by atoms with Gasteiger partial charge in [-0.2, -0.15) is 0 Å². The lowest BCUT2D eigenvalue weighted by Gasteiger charge is -2.38. The number of aryl methyl sites for hydroxylation is 1. The van der Waals surface area contributed by atoms with Crippen molar-refractivity contribution in [3.8, 4) is 11.5 Å². The predicted molar refractivity (Wildman–Crippen MR) is 108 cm³/mol. The molecule has 27 heavy (non-hydrogen) atoms. The Hall–Kier alpha value is -2.49. The van der Waals surface area contributed by atoms with Crippen LogP contribution >= 0.6 is 0 Å². The first-order valence-corrected chi connectivity index (χ1v) is 9.49. The van der Waals surface area contributed by atoms with Gasteiger partial charge in [-0.3, -0.25) is 4.79 Å². The van der Waals surface area contributed by atoms with Crippen LogP contribution < -0.4 is 14.8 Å². The molecule has 1 amide bonds. The molecule has 1 aliphatic heterocycles. The van der Waals surface area contributed by atoms with Gasteiger partial charge in [-0.1, -0.05) is 32.0 Å². The highest BCUT2D eigenvalue weighted by molar-refractivity contribution is 5.96. The summed E-state index contributed by atoms with van der Waals surface area (Å²) in [7, 11) is 1.67. The van der Waals surface area contributed by atoms with Gasteiger partial charge in [0.25, 0.3) is 5.91 Å². The fourth-order valence-corrected chi connectivity index (χ4v) is 3.74. The second-order valence-corrected chi connectivity index (χ2v) is 8.19. The van der Waals surface area contributed by atoms with Crippen molar-refractivity contribution in [2.24, 2.45) is 0 Å². The van der Waals surface area contributed by atoms with E-state index in [9.17, 15) is 4.79 Å². The minimum Gasteiger partial charge on any atom is -0.496 e. The number of nitrogens with one attached hydrogen (secondary N) is 1. The zero-order valence-electron chi connectivity index (χ0n) is 17.1.